The molecule has 1 aromatic carbocycles. The molecule has 3 rings (SSSR count). The second kappa shape index (κ2) is 4.08. The number of carbonyl (C=O) groups is 2. The van der Waals surface area contributed by atoms with E-state index in [4.69, 9.17) is 0 Å². The molecule has 2 fully saturated rings. The van der Waals surface area contributed by atoms with Gasteiger partial charge in [0, 0.05) is 6.04 Å². The zero-order valence-electron chi connectivity index (χ0n) is 11.2. The number of rotatable bonds is 2. The van der Waals surface area contributed by atoms with Crippen molar-refractivity contribution in [1.82, 2.24) is 10.2 Å². The Labute approximate surface area is 112 Å². The van der Waals surface area contributed by atoms with Crippen LogP contribution in [0.25, 0.3) is 0 Å². The third kappa shape index (κ3) is 1.82. The average Bonchev–Trinajstić information content (AvgIpc) is 3.22. The van der Waals surface area contributed by atoms with Crippen molar-refractivity contribution in [2.75, 3.05) is 0 Å². The van der Waals surface area contributed by atoms with E-state index in [0.29, 0.717) is 0 Å². The van der Waals surface area contributed by atoms with Gasteiger partial charge in [0.15, 0.2) is 0 Å². The molecule has 0 spiro atoms. The molecule has 1 N–H and O–H groups in total. The van der Waals surface area contributed by atoms with Gasteiger partial charge in [0.1, 0.15) is 11.6 Å². The molecule has 2 unspecified atom stereocenters. The van der Waals surface area contributed by atoms with Crippen LogP contribution in [0.4, 0.5) is 0 Å². The first-order chi connectivity index (χ1) is 9.04. The molecule has 1 saturated heterocycles. The molecular weight excluding hydrogens is 240 g/mol. The van der Waals surface area contributed by atoms with E-state index in [1.807, 2.05) is 30.3 Å². The highest BCUT2D eigenvalue weighted by Crippen LogP contribution is 2.36. The van der Waals surface area contributed by atoms with Gasteiger partial charge in [-0.2, -0.15) is 0 Å². The summed E-state index contributed by atoms with van der Waals surface area (Å²) < 4.78 is 0. The molecule has 4 heteroatoms. The summed E-state index contributed by atoms with van der Waals surface area (Å²) in [6.45, 7) is 3.60. The molecule has 2 amide bonds. The van der Waals surface area contributed by atoms with Crippen molar-refractivity contribution in [2.45, 2.75) is 44.3 Å². The van der Waals surface area contributed by atoms with Gasteiger partial charge in [-0.3, -0.25) is 9.59 Å². The Hall–Kier alpha value is -1.84. The summed E-state index contributed by atoms with van der Waals surface area (Å²) >= 11 is 0. The number of nitrogens with one attached hydrogen (secondary N) is 1. The Morgan fingerprint density at radius 3 is 2.42 bits per heavy atom. The quantitative estimate of drug-likeness (QED) is 0.872. The molecule has 1 saturated carbocycles. The molecule has 2 atom stereocenters. The van der Waals surface area contributed by atoms with Crippen LogP contribution < -0.4 is 5.32 Å². The minimum atomic E-state index is -0.937. The highest BCUT2D eigenvalue weighted by molar-refractivity contribution is 6.00. The second-order valence-electron chi connectivity index (χ2n) is 5.60. The molecule has 0 bridgehead atoms. The molecule has 0 radical (unpaired) electrons. The van der Waals surface area contributed by atoms with Gasteiger partial charge in [0.2, 0.25) is 5.91 Å². The van der Waals surface area contributed by atoms with Crippen LogP contribution in [0.3, 0.4) is 0 Å². The predicted octanol–water partition coefficient (Wildman–Crippen LogP) is 1.41. The monoisotopic (exact) mass is 258 g/mol. The van der Waals surface area contributed by atoms with Crippen molar-refractivity contribution >= 4 is 11.8 Å². The smallest absolute Gasteiger partial charge is 0.253 e. The van der Waals surface area contributed by atoms with Crippen LogP contribution in [0.5, 0.6) is 0 Å². The van der Waals surface area contributed by atoms with Crippen LogP contribution in [0, 0.1) is 0 Å². The lowest BCUT2D eigenvalue weighted by molar-refractivity contribution is -0.154. The highest BCUT2D eigenvalue weighted by atomic mass is 16.2. The lowest BCUT2D eigenvalue weighted by Gasteiger charge is -2.43. The van der Waals surface area contributed by atoms with Gasteiger partial charge in [-0.15, -0.1) is 0 Å². The lowest BCUT2D eigenvalue weighted by Crippen LogP contribution is -2.67. The van der Waals surface area contributed by atoms with E-state index in [-0.39, 0.29) is 23.9 Å². The maximum atomic E-state index is 12.8. The van der Waals surface area contributed by atoms with Crippen molar-refractivity contribution in [2.24, 2.45) is 0 Å². The molecule has 0 aromatic heterocycles. The topological polar surface area (TPSA) is 49.4 Å². The predicted molar refractivity (Wildman–Crippen MR) is 71.3 cm³/mol. The number of carbonyl (C=O) groups excluding carboxylic acids is 2. The Bertz CT molecular complexity index is 524. The van der Waals surface area contributed by atoms with Crippen molar-refractivity contribution in [3.8, 4) is 0 Å². The molecule has 100 valence electrons. The van der Waals surface area contributed by atoms with Crippen LogP contribution in [0.2, 0.25) is 0 Å². The SMILES string of the molecule is CC1C(=O)NC(C)(c2ccccc2)C(=O)N1C1CC1. The molecule has 1 heterocycles. The van der Waals surface area contributed by atoms with Gasteiger partial charge in [0.25, 0.3) is 5.91 Å². The van der Waals surface area contributed by atoms with Gasteiger partial charge in [-0.05, 0) is 32.3 Å². The van der Waals surface area contributed by atoms with Crippen molar-refractivity contribution < 1.29 is 9.59 Å². The standard InChI is InChI=1S/C15H18N2O2/c1-10-13(18)16-15(2,11-6-4-3-5-7-11)14(19)17(10)12-8-9-12/h3-7,10,12H,8-9H2,1-2H3,(H,16,18). The molecule has 1 aliphatic heterocycles. The highest BCUT2D eigenvalue weighted by Gasteiger charge is 2.51. The average molecular weight is 258 g/mol. The van der Waals surface area contributed by atoms with E-state index >= 15 is 0 Å². The Morgan fingerprint density at radius 1 is 1.21 bits per heavy atom. The maximum Gasteiger partial charge on any atom is 0.253 e. The molecule has 4 nitrogen and oxygen atoms in total. The Kier molecular flexibility index (Phi) is 2.62. The van der Waals surface area contributed by atoms with Crippen molar-refractivity contribution in [1.29, 1.82) is 0 Å². The largest absolute Gasteiger partial charge is 0.336 e. The van der Waals surface area contributed by atoms with Crippen LogP contribution in [0.1, 0.15) is 32.3 Å². The molecular formula is C15H18N2O2. The summed E-state index contributed by atoms with van der Waals surface area (Å²) in [5, 5.41) is 2.89. The van der Waals surface area contributed by atoms with Gasteiger partial charge in [0.05, 0.1) is 0 Å². The zero-order valence-corrected chi connectivity index (χ0v) is 11.2. The van der Waals surface area contributed by atoms with E-state index < -0.39 is 5.54 Å². The van der Waals surface area contributed by atoms with Gasteiger partial charge in [-0.1, -0.05) is 30.3 Å². The number of hydrogen-bond acceptors (Lipinski definition) is 2. The van der Waals surface area contributed by atoms with Crippen LogP contribution in [-0.2, 0) is 15.1 Å². The van der Waals surface area contributed by atoms with Crippen LogP contribution in [0.15, 0.2) is 30.3 Å². The van der Waals surface area contributed by atoms with Gasteiger partial charge in [-0.25, -0.2) is 0 Å². The lowest BCUT2D eigenvalue weighted by atomic mass is 9.87. The Morgan fingerprint density at radius 2 is 1.84 bits per heavy atom. The molecule has 19 heavy (non-hydrogen) atoms. The number of nitrogens with zero attached hydrogens (tertiary/aromatic N) is 1. The number of piperazine rings is 1. The fourth-order valence-electron chi connectivity index (χ4n) is 2.77. The minimum absolute atomic E-state index is 0.00769. The first kappa shape index (κ1) is 12.2. The summed E-state index contributed by atoms with van der Waals surface area (Å²) in [7, 11) is 0. The number of benzene rings is 1. The van der Waals surface area contributed by atoms with Gasteiger partial charge >= 0.3 is 0 Å². The minimum Gasteiger partial charge on any atom is -0.336 e. The summed E-state index contributed by atoms with van der Waals surface area (Å²) in [4.78, 5) is 26.7. The number of hydrogen-bond donors (Lipinski definition) is 1. The van der Waals surface area contributed by atoms with E-state index in [0.717, 1.165) is 18.4 Å². The third-order valence-electron chi connectivity index (χ3n) is 4.12. The van der Waals surface area contributed by atoms with Crippen molar-refractivity contribution in [3.63, 3.8) is 0 Å². The molecule has 2 aliphatic rings. The summed E-state index contributed by atoms with van der Waals surface area (Å²) in [6.07, 6.45) is 2.02. The van der Waals surface area contributed by atoms with E-state index in [2.05, 4.69) is 5.32 Å². The molecule has 1 aromatic rings. The fourth-order valence-corrected chi connectivity index (χ4v) is 2.77. The summed E-state index contributed by atoms with van der Waals surface area (Å²) in [5.74, 6) is -0.0637. The normalized spacial score (nSPS) is 31.3. The second-order valence-corrected chi connectivity index (χ2v) is 5.60. The first-order valence-electron chi connectivity index (χ1n) is 6.74. The van der Waals surface area contributed by atoms with E-state index in [1.165, 1.54) is 0 Å². The fraction of sp³-hybridized carbons (Fsp3) is 0.467. The first-order valence-corrected chi connectivity index (χ1v) is 6.74. The van der Waals surface area contributed by atoms with Crippen LogP contribution in [-0.4, -0.2) is 28.8 Å². The van der Waals surface area contributed by atoms with Gasteiger partial charge < -0.3 is 10.2 Å². The maximum absolute atomic E-state index is 12.8. The number of amides is 2. The zero-order chi connectivity index (χ0) is 13.6. The summed E-state index contributed by atoms with van der Waals surface area (Å²) in [6, 6.07) is 9.34. The van der Waals surface area contributed by atoms with Crippen LogP contribution >= 0.6 is 0 Å². The Balaban J connectivity index is 2.01. The van der Waals surface area contributed by atoms with E-state index in [1.54, 1.807) is 18.7 Å². The van der Waals surface area contributed by atoms with Crippen molar-refractivity contribution in [3.05, 3.63) is 35.9 Å². The summed E-state index contributed by atoms with van der Waals surface area (Å²) in [5.41, 5.74) is -0.0983. The molecule has 1 aliphatic carbocycles. The van der Waals surface area contributed by atoms with E-state index in [9.17, 15) is 9.59 Å². The third-order valence-corrected chi connectivity index (χ3v) is 4.12.